The first-order valence-electron chi connectivity index (χ1n) is 9.40. The number of guanidine groups is 1. The Morgan fingerprint density at radius 1 is 1.31 bits per heavy atom. The van der Waals surface area contributed by atoms with Crippen LogP contribution in [0.5, 0.6) is 0 Å². The van der Waals surface area contributed by atoms with Gasteiger partial charge in [-0.25, -0.2) is 4.99 Å². The molecule has 1 heterocycles. The minimum absolute atomic E-state index is 0. The number of ether oxygens (including phenoxy) is 2. The number of carbonyl (C=O) groups excluding carboxylic acids is 1. The average molecular weight is 484 g/mol. The highest BCUT2D eigenvalue weighted by atomic mass is 127. The number of amides is 1. The summed E-state index contributed by atoms with van der Waals surface area (Å²) in [4.78, 5) is 17.7. The minimum Gasteiger partial charge on any atom is -0.381 e. The number of carbonyl (C=O) groups is 1. The van der Waals surface area contributed by atoms with E-state index >= 15 is 0 Å². The highest BCUT2D eigenvalue weighted by Gasteiger charge is 2.14. The molecule has 154 valence electrons. The van der Waals surface area contributed by atoms with Crippen LogP contribution in [-0.2, 0) is 14.3 Å². The van der Waals surface area contributed by atoms with Gasteiger partial charge in [0.15, 0.2) is 5.96 Å². The summed E-state index contributed by atoms with van der Waals surface area (Å²) >= 11 is 0. The molecule has 0 aromatic carbocycles. The zero-order valence-corrected chi connectivity index (χ0v) is 19.1. The normalized spacial score (nSPS) is 17.6. The van der Waals surface area contributed by atoms with Crippen LogP contribution in [0.2, 0.25) is 0 Å². The van der Waals surface area contributed by atoms with Gasteiger partial charge in [0.05, 0.1) is 6.10 Å². The van der Waals surface area contributed by atoms with Gasteiger partial charge in [0.2, 0.25) is 5.91 Å². The molecule has 1 fully saturated rings. The lowest BCUT2D eigenvalue weighted by atomic mass is 10.1. The van der Waals surface area contributed by atoms with Gasteiger partial charge in [-0.05, 0) is 31.6 Å². The second-order valence-electron chi connectivity index (χ2n) is 7.07. The third kappa shape index (κ3) is 12.7. The van der Waals surface area contributed by atoms with Crippen LogP contribution in [0.25, 0.3) is 0 Å². The Morgan fingerprint density at radius 3 is 2.69 bits per heavy atom. The predicted octanol–water partition coefficient (Wildman–Crippen LogP) is 1.86. The molecule has 7 nitrogen and oxygen atoms in total. The molecule has 0 aromatic heterocycles. The van der Waals surface area contributed by atoms with Crippen LogP contribution in [0.3, 0.4) is 0 Å². The Bertz CT molecular complexity index is 400. The van der Waals surface area contributed by atoms with Gasteiger partial charge in [-0.1, -0.05) is 13.8 Å². The number of halogens is 1. The zero-order chi connectivity index (χ0) is 18.5. The third-order valence-electron chi connectivity index (χ3n) is 3.85. The van der Waals surface area contributed by atoms with Crippen molar-refractivity contribution in [2.75, 3.05) is 53.6 Å². The van der Waals surface area contributed by atoms with E-state index in [0.29, 0.717) is 18.4 Å². The van der Waals surface area contributed by atoms with Crippen molar-refractivity contribution < 1.29 is 14.3 Å². The second-order valence-corrected chi connectivity index (χ2v) is 7.07. The summed E-state index contributed by atoms with van der Waals surface area (Å²) in [6.45, 7) is 8.23. The molecular weight excluding hydrogens is 447 g/mol. The smallest absolute Gasteiger partial charge is 0.243 e. The van der Waals surface area contributed by atoms with Crippen LogP contribution in [0, 0.1) is 5.92 Å². The van der Waals surface area contributed by atoms with Crippen LogP contribution >= 0.6 is 24.0 Å². The van der Waals surface area contributed by atoms with E-state index in [-0.39, 0.29) is 42.5 Å². The van der Waals surface area contributed by atoms with Crippen molar-refractivity contribution in [1.82, 2.24) is 15.5 Å². The van der Waals surface area contributed by atoms with Crippen molar-refractivity contribution in [1.29, 1.82) is 0 Å². The van der Waals surface area contributed by atoms with E-state index in [1.54, 1.807) is 19.0 Å². The second kappa shape index (κ2) is 15.4. The molecule has 0 aliphatic carbocycles. The lowest BCUT2D eigenvalue weighted by Crippen LogP contribution is -2.43. The Hall–Kier alpha value is -0.610. The van der Waals surface area contributed by atoms with Crippen molar-refractivity contribution in [3.8, 4) is 0 Å². The van der Waals surface area contributed by atoms with Crippen LogP contribution < -0.4 is 10.6 Å². The topological polar surface area (TPSA) is 75.2 Å². The Balaban J connectivity index is 0.00000625. The van der Waals surface area contributed by atoms with Crippen LogP contribution in [0.15, 0.2) is 4.99 Å². The van der Waals surface area contributed by atoms with Gasteiger partial charge in [-0.3, -0.25) is 4.79 Å². The molecule has 1 aliphatic heterocycles. The van der Waals surface area contributed by atoms with Crippen molar-refractivity contribution >= 4 is 35.8 Å². The summed E-state index contributed by atoms with van der Waals surface area (Å²) in [6.07, 6.45) is 4.54. The first kappa shape index (κ1) is 25.4. The van der Waals surface area contributed by atoms with Crippen molar-refractivity contribution in [3.05, 3.63) is 0 Å². The molecule has 1 rings (SSSR count). The van der Waals surface area contributed by atoms with Gasteiger partial charge >= 0.3 is 0 Å². The van der Waals surface area contributed by atoms with Gasteiger partial charge in [0, 0.05) is 47.0 Å². The molecule has 0 radical (unpaired) electrons. The number of likely N-dealkylation sites (N-methyl/N-ethyl adjacent to an activating group) is 1. The molecule has 26 heavy (non-hydrogen) atoms. The molecule has 0 saturated carbocycles. The molecule has 0 bridgehead atoms. The summed E-state index contributed by atoms with van der Waals surface area (Å²) in [6, 6.07) is 0. The van der Waals surface area contributed by atoms with E-state index in [0.717, 1.165) is 45.6 Å². The number of aliphatic imine (C=N–C) groups is 1. The summed E-state index contributed by atoms with van der Waals surface area (Å²) < 4.78 is 11.3. The van der Waals surface area contributed by atoms with Crippen molar-refractivity contribution in [2.45, 2.75) is 45.6 Å². The SMILES string of the molecule is CC(C)COCCCNC(=NCC(=O)N(C)C)NCC1CCCCO1.I. The molecule has 2 N–H and O–H groups in total. The summed E-state index contributed by atoms with van der Waals surface area (Å²) in [5.41, 5.74) is 0. The maximum absolute atomic E-state index is 11.8. The Kier molecular flexibility index (Phi) is 15.1. The monoisotopic (exact) mass is 484 g/mol. The Morgan fingerprint density at radius 2 is 2.08 bits per heavy atom. The molecule has 1 atom stereocenters. The average Bonchev–Trinajstić information content (AvgIpc) is 2.59. The minimum atomic E-state index is -0.0183. The number of nitrogens with one attached hydrogen (secondary N) is 2. The Labute approximate surface area is 175 Å². The van der Waals surface area contributed by atoms with E-state index in [1.165, 1.54) is 6.42 Å². The largest absolute Gasteiger partial charge is 0.381 e. The van der Waals surface area contributed by atoms with E-state index in [4.69, 9.17) is 9.47 Å². The highest BCUT2D eigenvalue weighted by molar-refractivity contribution is 14.0. The maximum atomic E-state index is 11.8. The first-order chi connectivity index (χ1) is 12.0. The number of hydrogen-bond donors (Lipinski definition) is 2. The lowest BCUT2D eigenvalue weighted by molar-refractivity contribution is -0.127. The van der Waals surface area contributed by atoms with Gasteiger partial charge in [-0.2, -0.15) is 0 Å². The number of nitrogens with zero attached hydrogens (tertiary/aromatic N) is 2. The lowest BCUT2D eigenvalue weighted by Gasteiger charge is -2.24. The zero-order valence-electron chi connectivity index (χ0n) is 16.8. The summed E-state index contributed by atoms with van der Waals surface area (Å²) in [5, 5.41) is 6.57. The number of rotatable bonds is 10. The fraction of sp³-hybridized carbons (Fsp3) is 0.889. The van der Waals surface area contributed by atoms with Gasteiger partial charge in [-0.15, -0.1) is 24.0 Å². The van der Waals surface area contributed by atoms with Crippen molar-refractivity contribution in [2.24, 2.45) is 10.9 Å². The maximum Gasteiger partial charge on any atom is 0.243 e. The van der Waals surface area contributed by atoms with E-state index in [1.807, 2.05) is 0 Å². The quantitative estimate of drug-likeness (QED) is 0.214. The van der Waals surface area contributed by atoms with E-state index in [9.17, 15) is 4.79 Å². The molecule has 1 aliphatic rings. The summed E-state index contributed by atoms with van der Waals surface area (Å²) in [7, 11) is 3.47. The fourth-order valence-electron chi connectivity index (χ4n) is 2.34. The first-order valence-corrected chi connectivity index (χ1v) is 9.40. The third-order valence-corrected chi connectivity index (χ3v) is 3.85. The number of hydrogen-bond acceptors (Lipinski definition) is 4. The molecule has 0 aromatic rings. The van der Waals surface area contributed by atoms with E-state index in [2.05, 4.69) is 29.5 Å². The fourth-order valence-corrected chi connectivity index (χ4v) is 2.34. The van der Waals surface area contributed by atoms with Crippen LogP contribution in [0.4, 0.5) is 0 Å². The van der Waals surface area contributed by atoms with Crippen LogP contribution in [0.1, 0.15) is 39.5 Å². The van der Waals surface area contributed by atoms with E-state index < -0.39 is 0 Å². The van der Waals surface area contributed by atoms with Crippen molar-refractivity contribution in [3.63, 3.8) is 0 Å². The molecule has 1 saturated heterocycles. The van der Waals surface area contributed by atoms with Gasteiger partial charge in [0.1, 0.15) is 6.54 Å². The predicted molar refractivity (Wildman–Crippen MR) is 116 cm³/mol. The van der Waals surface area contributed by atoms with Crippen LogP contribution in [-0.4, -0.2) is 76.4 Å². The molecule has 1 amide bonds. The van der Waals surface area contributed by atoms with Gasteiger partial charge in [0.25, 0.3) is 0 Å². The molecular formula is C18H37IN4O3. The van der Waals surface area contributed by atoms with Gasteiger partial charge < -0.3 is 25.0 Å². The standard InChI is InChI=1S/C18H36N4O3.HI/c1-15(2)14-24-10-7-9-19-18(21-13-17(23)22(3)4)20-12-16-8-5-6-11-25-16;/h15-16H,5-14H2,1-4H3,(H2,19,20,21);1H. The summed E-state index contributed by atoms with van der Waals surface area (Å²) in [5.74, 6) is 1.20. The molecule has 8 heteroatoms. The molecule has 1 unspecified atom stereocenters. The highest BCUT2D eigenvalue weighted by Crippen LogP contribution is 2.11. The molecule has 0 spiro atoms.